The molecule has 6 aromatic rings. The summed E-state index contributed by atoms with van der Waals surface area (Å²) in [6.07, 6.45) is 5.05. The molecule has 3 aromatic carbocycles. The molecular weight excluding hydrogens is 566 g/mol. The number of aromatic nitrogens is 5. The molecule has 0 aliphatic carbocycles. The molecule has 45 heavy (non-hydrogen) atoms. The van der Waals surface area contributed by atoms with E-state index in [1.165, 1.54) is 12.8 Å². The molecule has 1 aliphatic rings. The normalized spacial score (nSPS) is 14.4. The van der Waals surface area contributed by atoms with E-state index in [0.717, 1.165) is 53.0 Å². The van der Waals surface area contributed by atoms with Crippen LogP contribution in [0.4, 0.5) is 11.6 Å². The van der Waals surface area contributed by atoms with Gasteiger partial charge in [0.2, 0.25) is 11.7 Å². The predicted octanol–water partition coefficient (Wildman–Crippen LogP) is 6.06. The summed E-state index contributed by atoms with van der Waals surface area (Å²) < 4.78 is 15.4. The zero-order valence-corrected chi connectivity index (χ0v) is 26.1. The zero-order valence-electron chi connectivity index (χ0n) is 26.1. The van der Waals surface area contributed by atoms with E-state index < -0.39 is 0 Å². The number of methoxy groups -OCH3 is 1. The molecule has 7 rings (SSSR count). The van der Waals surface area contributed by atoms with Gasteiger partial charge in [-0.1, -0.05) is 30.3 Å². The number of ether oxygens (including phenoxy) is 2. The molecule has 1 N–H and O–H groups in total. The Morgan fingerprint density at radius 3 is 2.51 bits per heavy atom. The van der Waals surface area contributed by atoms with Crippen LogP contribution in [-0.4, -0.2) is 62.7 Å². The molecule has 10 nitrogen and oxygen atoms in total. The first-order valence-electron chi connectivity index (χ1n) is 15.4. The number of benzene rings is 3. The van der Waals surface area contributed by atoms with Crippen molar-refractivity contribution in [1.29, 1.82) is 0 Å². The minimum Gasteiger partial charge on any atom is -0.493 e. The van der Waals surface area contributed by atoms with E-state index in [2.05, 4.69) is 22.2 Å². The van der Waals surface area contributed by atoms with Crippen LogP contribution in [-0.2, 0) is 0 Å². The molecule has 0 spiro atoms. The van der Waals surface area contributed by atoms with Crippen LogP contribution in [0.15, 0.2) is 71.7 Å². The van der Waals surface area contributed by atoms with Crippen LogP contribution in [0.25, 0.3) is 33.5 Å². The highest BCUT2D eigenvalue weighted by atomic mass is 16.5. The first-order chi connectivity index (χ1) is 21.9. The van der Waals surface area contributed by atoms with E-state index in [1.807, 2.05) is 78.9 Å². The van der Waals surface area contributed by atoms with Gasteiger partial charge in [0.15, 0.2) is 17.1 Å². The lowest BCUT2D eigenvalue weighted by Crippen LogP contribution is -2.30. The molecule has 1 fully saturated rings. The van der Waals surface area contributed by atoms with Crippen LogP contribution >= 0.6 is 0 Å². The third-order valence-electron chi connectivity index (χ3n) is 8.86. The molecule has 3 aromatic heterocycles. The molecule has 0 saturated carbocycles. The minimum atomic E-state index is -0.222. The Bertz CT molecular complexity index is 2070. The monoisotopic (exact) mass is 603 g/mol. The summed E-state index contributed by atoms with van der Waals surface area (Å²) in [6.45, 7) is 6.95. The number of anilines is 2. The minimum absolute atomic E-state index is 0.222. The number of likely N-dealkylation sites (tertiary alicyclic amines) is 1. The van der Waals surface area contributed by atoms with Gasteiger partial charge in [-0.25, -0.2) is 14.5 Å². The van der Waals surface area contributed by atoms with Gasteiger partial charge in [0.05, 0.1) is 30.4 Å². The van der Waals surface area contributed by atoms with Crippen molar-refractivity contribution in [2.75, 3.05) is 39.2 Å². The third kappa shape index (κ3) is 5.35. The van der Waals surface area contributed by atoms with Crippen LogP contribution < -0.4 is 20.3 Å². The standard InChI is InChI=1S/C35H37N7O3/c1-22-8-7-9-23(2)31(22)42-33(43)26-21-36-34(39-32(26)41-28-11-6-5-10-27(28)38-35(41)42)37-25-12-13-29(30(20-25)44-4)45-19-16-24-14-17-40(3)18-15-24/h5-13,20-21,24H,14-19H2,1-4H3,(H,36,37,39). The van der Waals surface area contributed by atoms with Crippen molar-refractivity contribution < 1.29 is 9.47 Å². The van der Waals surface area contributed by atoms with E-state index in [9.17, 15) is 4.79 Å². The molecule has 0 radical (unpaired) electrons. The lowest BCUT2D eigenvalue weighted by Gasteiger charge is -2.28. The van der Waals surface area contributed by atoms with E-state index in [1.54, 1.807) is 17.9 Å². The Morgan fingerprint density at radius 1 is 0.956 bits per heavy atom. The van der Waals surface area contributed by atoms with Gasteiger partial charge in [-0.2, -0.15) is 4.98 Å². The summed E-state index contributed by atoms with van der Waals surface area (Å²) in [4.78, 5) is 30.8. The molecule has 0 bridgehead atoms. The number of rotatable bonds is 8. The second-order valence-electron chi connectivity index (χ2n) is 11.9. The number of hydrogen-bond donors (Lipinski definition) is 1. The van der Waals surface area contributed by atoms with Crippen molar-refractivity contribution in [2.45, 2.75) is 33.1 Å². The number of para-hydroxylation sites is 3. The Morgan fingerprint density at radius 2 is 1.73 bits per heavy atom. The van der Waals surface area contributed by atoms with Crippen LogP contribution in [0.3, 0.4) is 0 Å². The summed E-state index contributed by atoms with van der Waals surface area (Å²) in [6, 6.07) is 19.5. The Hall–Kier alpha value is -4.96. The van der Waals surface area contributed by atoms with Crippen molar-refractivity contribution in [1.82, 2.24) is 28.8 Å². The number of imidazole rings is 1. The lowest BCUT2D eigenvalue weighted by molar-refractivity contribution is 0.185. The molecule has 1 saturated heterocycles. The number of nitrogens with one attached hydrogen (secondary N) is 1. The van der Waals surface area contributed by atoms with Crippen molar-refractivity contribution in [3.8, 4) is 17.2 Å². The van der Waals surface area contributed by atoms with Gasteiger partial charge in [0.1, 0.15) is 5.39 Å². The number of aryl methyl sites for hydroxylation is 2. The maximum atomic E-state index is 14.1. The average Bonchev–Trinajstić information content (AvgIpc) is 3.43. The quantitative estimate of drug-likeness (QED) is 0.224. The summed E-state index contributed by atoms with van der Waals surface area (Å²) in [5.41, 5.74) is 5.39. The van der Waals surface area contributed by atoms with Crippen molar-refractivity contribution in [3.63, 3.8) is 0 Å². The molecule has 10 heteroatoms. The maximum Gasteiger partial charge on any atom is 0.270 e. The number of piperidine rings is 1. The maximum absolute atomic E-state index is 14.1. The molecule has 4 heterocycles. The van der Waals surface area contributed by atoms with Gasteiger partial charge in [-0.3, -0.25) is 9.20 Å². The first-order valence-corrected chi connectivity index (χ1v) is 15.4. The highest BCUT2D eigenvalue weighted by molar-refractivity contribution is 5.88. The molecule has 230 valence electrons. The second kappa shape index (κ2) is 11.9. The topological polar surface area (TPSA) is 98.8 Å². The van der Waals surface area contributed by atoms with Crippen LogP contribution in [0.1, 0.15) is 30.4 Å². The van der Waals surface area contributed by atoms with E-state index in [0.29, 0.717) is 46.8 Å². The fourth-order valence-corrected chi connectivity index (χ4v) is 6.38. The summed E-state index contributed by atoms with van der Waals surface area (Å²) >= 11 is 0. The van der Waals surface area contributed by atoms with E-state index in [-0.39, 0.29) is 5.56 Å². The number of hydrogen-bond acceptors (Lipinski definition) is 8. The Labute approximate surface area is 261 Å². The van der Waals surface area contributed by atoms with Gasteiger partial charge < -0.3 is 19.7 Å². The van der Waals surface area contributed by atoms with Crippen molar-refractivity contribution in [3.05, 3.63) is 88.3 Å². The third-order valence-corrected chi connectivity index (χ3v) is 8.86. The van der Waals surface area contributed by atoms with E-state index >= 15 is 0 Å². The molecule has 1 aliphatic heterocycles. The van der Waals surface area contributed by atoms with Gasteiger partial charge in [-0.15, -0.1) is 0 Å². The van der Waals surface area contributed by atoms with Crippen LogP contribution in [0.2, 0.25) is 0 Å². The van der Waals surface area contributed by atoms with E-state index in [4.69, 9.17) is 19.4 Å². The van der Waals surface area contributed by atoms with Crippen LogP contribution in [0, 0.1) is 19.8 Å². The highest BCUT2D eigenvalue weighted by Gasteiger charge is 2.21. The fourth-order valence-electron chi connectivity index (χ4n) is 6.38. The zero-order chi connectivity index (χ0) is 31.1. The number of nitrogens with zero attached hydrogens (tertiary/aromatic N) is 6. The second-order valence-corrected chi connectivity index (χ2v) is 11.9. The predicted molar refractivity (Wildman–Crippen MR) is 177 cm³/mol. The summed E-state index contributed by atoms with van der Waals surface area (Å²) in [5, 5.41) is 3.69. The molecular formula is C35H37N7O3. The number of fused-ring (bicyclic) bond motifs is 5. The van der Waals surface area contributed by atoms with Crippen LogP contribution in [0.5, 0.6) is 11.5 Å². The lowest BCUT2D eigenvalue weighted by atomic mass is 9.94. The van der Waals surface area contributed by atoms with Gasteiger partial charge in [0.25, 0.3) is 5.56 Å². The summed E-state index contributed by atoms with van der Waals surface area (Å²) in [7, 11) is 3.82. The Kier molecular flexibility index (Phi) is 7.58. The first kappa shape index (κ1) is 28.8. The fraction of sp³-hybridized carbons (Fsp3) is 0.314. The molecule has 0 unspecified atom stereocenters. The average molecular weight is 604 g/mol. The molecule has 0 atom stereocenters. The smallest absolute Gasteiger partial charge is 0.270 e. The highest BCUT2D eigenvalue weighted by Crippen LogP contribution is 2.32. The Balaban J connectivity index is 1.23. The largest absolute Gasteiger partial charge is 0.493 e. The summed E-state index contributed by atoms with van der Waals surface area (Å²) in [5.74, 6) is 2.88. The van der Waals surface area contributed by atoms with Gasteiger partial charge >= 0.3 is 0 Å². The molecule has 0 amide bonds. The van der Waals surface area contributed by atoms with Crippen molar-refractivity contribution >= 4 is 39.5 Å². The van der Waals surface area contributed by atoms with Crippen molar-refractivity contribution in [2.24, 2.45) is 5.92 Å². The SMILES string of the molecule is COc1cc(Nc2ncc3c(=O)n(-c4c(C)cccc4C)c4nc5ccccc5n4c3n2)ccc1OCCC1CCN(C)CC1. The van der Waals surface area contributed by atoms with Gasteiger partial charge in [0, 0.05) is 18.0 Å². The van der Waals surface area contributed by atoms with Gasteiger partial charge in [-0.05, 0) is 94.6 Å².